The van der Waals surface area contributed by atoms with Crippen molar-refractivity contribution in [3.05, 3.63) is 39.5 Å². The monoisotopic (exact) mass is 277 g/mol. The van der Waals surface area contributed by atoms with E-state index in [1.54, 1.807) is 12.1 Å². The summed E-state index contributed by atoms with van der Waals surface area (Å²) in [7, 11) is 0. The molecule has 4 N–H and O–H groups in total. The number of nitrogen functional groups attached to an aromatic ring is 1. The summed E-state index contributed by atoms with van der Waals surface area (Å²) in [5.74, 6) is 5.60. The van der Waals surface area contributed by atoms with E-state index in [9.17, 15) is 4.79 Å². The molecule has 0 spiro atoms. The smallest absolute Gasteiger partial charge is 0.251 e. The zero-order chi connectivity index (χ0) is 13.8. The van der Waals surface area contributed by atoms with Crippen molar-refractivity contribution in [3.8, 4) is 0 Å². The van der Waals surface area contributed by atoms with Gasteiger partial charge in [-0.25, -0.2) is 15.8 Å². The van der Waals surface area contributed by atoms with Crippen LogP contribution in [0.4, 0.5) is 5.82 Å². The fraction of sp³-hybridized carbons (Fsp3) is 0.250. The van der Waals surface area contributed by atoms with Gasteiger partial charge in [-0.2, -0.15) is 0 Å². The number of rotatable bonds is 4. The van der Waals surface area contributed by atoms with Gasteiger partial charge in [-0.15, -0.1) is 11.3 Å². The zero-order valence-electron chi connectivity index (χ0n) is 10.7. The van der Waals surface area contributed by atoms with E-state index in [2.05, 4.69) is 20.7 Å². The first-order chi connectivity index (χ1) is 9.08. The van der Waals surface area contributed by atoms with Gasteiger partial charge < -0.3 is 10.7 Å². The molecule has 19 heavy (non-hydrogen) atoms. The molecule has 0 aliphatic rings. The van der Waals surface area contributed by atoms with Gasteiger partial charge in [-0.3, -0.25) is 4.79 Å². The molecule has 6 nitrogen and oxygen atoms in total. The van der Waals surface area contributed by atoms with Crippen LogP contribution in [0.2, 0.25) is 0 Å². The number of hydrogen-bond donors (Lipinski definition) is 3. The molecule has 1 amide bonds. The first-order valence-corrected chi connectivity index (χ1v) is 6.61. The van der Waals surface area contributed by atoms with E-state index in [-0.39, 0.29) is 5.91 Å². The van der Waals surface area contributed by atoms with E-state index in [4.69, 9.17) is 5.84 Å². The molecule has 0 aliphatic heterocycles. The number of amides is 1. The Morgan fingerprint density at radius 2 is 2.11 bits per heavy atom. The van der Waals surface area contributed by atoms with Crippen molar-refractivity contribution >= 4 is 23.1 Å². The van der Waals surface area contributed by atoms with Gasteiger partial charge >= 0.3 is 0 Å². The number of hydrazine groups is 1. The van der Waals surface area contributed by atoms with Crippen LogP contribution in [0.5, 0.6) is 0 Å². The third-order valence-corrected chi connectivity index (χ3v) is 3.40. The van der Waals surface area contributed by atoms with Gasteiger partial charge in [0.15, 0.2) is 0 Å². The molecule has 7 heteroatoms. The SMILES string of the molecule is Cc1cc(C(=O)NCc2nc(C)cs2)cc(NN)n1. The van der Waals surface area contributed by atoms with E-state index < -0.39 is 0 Å². The van der Waals surface area contributed by atoms with Gasteiger partial charge in [-0.05, 0) is 26.0 Å². The highest BCUT2D eigenvalue weighted by molar-refractivity contribution is 7.09. The average Bonchev–Trinajstić information content (AvgIpc) is 2.81. The van der Waals surface area contributed by atoms with Crippen molar-refractivity contribution in [3.63, 3.8) is 0 Å². The van der Waals surface area contributed by atoms with E-state index >= 15 is 0 Å². The standard InChI is InChI=1S/C12H15N5OS/c1-7-3-9(4-10(15-7)17-13)12(18)14-5-11-16-8(2)6-19-11/h3-4,6H,5,13H2,1-2H3,(H,14,18)(H,15,17). The van der Waals surface area contributed by atoms with Crippen LogP contribution in [-0.2, 0) is 6.54 Å². The number of aromatic nitrogens is 2. The minimum Gasteiger partial charge on any atom is -0.346 e. The summed E-state index contributed by atoms with van der Waals surface area (Å²) in [6, 6.07) is 3.32. The van der Waals surface area contributed by atoms with Crippen LogP contribution in [0.3, 0.4) is 0 Å². The lowest BCUT2D eigenvalue weighted by atomic mass is 10.2. The molecular formula is C12H15N5OS. The van der Waals surface area contributed by atoms with Crippen molar-refractivity contribution in [1.29, 1.82) is 0 Å². The topological polar surface area (TPSA) is 92.9 Å². The van der Waals surface area contributed by atoms with E-state index in [1.807, 2.05) is 19.2 Å². The van der Waals surface area contributed by atoms with Crippen LogP contribution in [0.15, 0.2) is 17.5 Å². The van der Waals surface area contributed by atoms with Gasteiger partial charge in [0.05, 0.1) is 6.54 Å². The van der Waals surface area contributed by atoms with E-state index in [0.717, 1.165) is 16.4 Å². The number of carbonyl (C=O) groups excluding carboxylic acids is 1. The quantitative estimate of drug-likeness (QED) is 0.580. The second-order valence-electron chi connectivity index (χ2n) is 4.09. The second kappa shape index (κ2) is 5.77. The molecule has 0 saturated heterocycles. The van der Waals surface area contributed by atoms with Crippen molar-refractivity contribution in [2.24, 2.45) is 5.84 Å². The largest absolute Gasteiger partial charge is 0.346 e. The lowest BCUT2D eigenvalue weighted by Crippen LogP contribution is -2.23. The summed E-state index contributed by atoms with van der Waals surface area (Å²) < 4.78 is 0. The van der Waals surface area contributed by atoms with Crippen LogP contribution in [0.1, 0.15) is 26.8 Å². The Kier molecular flexibility index (Phi) is 4.08. The maximum atomic E-state index is 12.0. The Balaban J connectivity index is 2.05. The number of nitrogens with two attached hydrogens (primary N) is 1. The summed E-state index contributed by atoms with van der Waals surface area (Å²) in [6.07, 6.45) is 0. The number of nitrogens with one attached hydrogen (secondary N) is 2. The molecule has 0 unspecified atom stereocenters. The maximum absolute atomic E-state index is 12.0. The number of pyridine rings is 1. The molecule has 2 aromatic heterocycles. The van der Waals surface area contributed by atoms with Crippen LogP contribution < -0.4 is 16.6 Å². The molecule has 2 aromatic rings. The molecular weight excluding hydrogens is 262 g/mol. The molecule has 0 bridgehead atoms. The van der Waals surface area contributed by atoms with Crippen molar-refractivity contribution in [1.82, 2.24) is 15.3 Å². The summed E-state index contributed by atoms with van der Waals surface area (Å²) in [6.45, 7) is 4.15. The Morgan fingerprint density at radius 3 is 2.74 bits per heavy atom. The van der Waals surface area contributed by atoms with Crippen molar-refractivity contribution in [2.75, 3.05) is 5.43 Å². The highest BCUT2D eigenvalue weighted by Crippen LogP contribution is 2.11. The molecule has 0 aromatic carbocycles. The molecule has 100 valence electrons. The Labute approximate surface area is 115 Å². The third-order valence-electron chi connectivity index (χ3n) is 2.43. The maximum Gasteiger partial charge on any atom is 0.251 e. The number of hydrogen-bond acceptors (Lipinski definition) is 6. The zero-order valence-corrected chi connectivity index (χ0v) is 11.5. The van der Waals surface area contributed by atoms with Crippen molar-refractivity contribution < 1.29 is 4.79 Å². The molecule has 2 heterocycles. The fourth-order valence-electron chi connectivity index (χ4n) is 1.62. The molecule has 0 atom stereocenters. The molecule has 0 fully saturated rings. The Hall–Kier alpha value is -1.99. The first kappa shape index (κ1) is 13.4. The number of aryl methyl sites for hydroxylation is 2. The summed E-state index contributed by atoms with van der Waals surface area (Å²) in [4.78, 5) is 20.4. The predicted octanol–water partition coefficient (Wildman–Crippen LogP) is 1.37. The lowest BCUT2D eigenvalue weighted by molar-refractivity contribution is 0.0950. The molecule has 0 radical (unpaired) electrons. The molecule has 0 saturated carbocycles. The predicted molar refractivity (Wildman–Crippen MR) is 74.8 cm³/mol. The minimum atomic E-state index is -0.171. The highest BCUT2D eigenvalue weighted by atomic mass is 32.1. The van der Waals surface area contributed by atoms with Crippen LogP contribution in [0, 0.1) is 13.8 Å². The Morgan fingerprint density at radius 1 is 1.32 bits per heavy atom. The fourth-order valence-corrected chi connectivity index (χ4v) is 2.33. The molecule has 2 rings (SSSR count). The first-order valence-electron chi connectivity index (χ1n) is 5.73. The summed E-state index contributed by atoms with van der Waals surface area (Å²) in [5, 5.41) is 5.66. The molecule has 0 aliphatic carbocycles. The van der Waals surface area contributed by atoms with Crippen molar-refractivity contribution in [2.45, 2.75) is 20.4 Å². The van der Waals surface area contributed by atoms with Crippen LogP contribution in [0.25, 0.3) is 0 Å². The van der Waals surface area contributed by atoms with Gasteiger partial charge in [0.2, 0.25) is 0 Å². The second-order valence-corrected chi connectivity index (χ2v) is 5.03. The van der Waals surface area contributed by atoms with Crippen LogP contribution >= 0.6 is 11.3 Å². The lowest BCUT2D eigenvalue weighted by Gasteiger charge is -2.06. The number of nitrogens with zero attached hydrogens (tertiary/aromatic N) is 2. The van der Waals surface area contributed by atoms with E-state index in [1.165, 1.54) is 11.3 Å². The van der Waals surface area contributed by atoms with Crippen LogP contribution in [-0.4, -0.2) is 15.9 Å². The van der Waals surface area contributed by atoms with E-state index in [0.29, 0.717) is 17.9 Å². The number of thiazole rings is 1. The highest BCUT2D eigenvalue weighted by Gasteiger charge is 2.09. The van der Waals surface area contributed by atoms with Gasteiger partial charge in [0, 0.05) is 22.3 Å². The minimum absolute atomic E-state index is 0.171. The van der Waals surface area contributed by atoms with Gasteiger partial charge in [0.1, 0.15) is 10.8 Å². The normalized spacial score (nSPS) is 10.3. The summed E-state index contributed by atoms with van der Waals surface area (Å²) in [5.41, 5.74) is 4.65. The average molecular weight is 277 g/mol. The Bertz CT molecular complexity index is 596. The third kappa shape index (κ3) is 3.49. The number of carbonyl (C=O) groups is 1. The van der Waals surface area contributed by atoms with Gasteiger partial charge in [0.25, 0.3) is 5.91 Å². The summed E-state index contributed by atoms with van der Waals surface area (Å²) >= 11 is 1.53. The van der Waals surface area contributed by atoms with Gasteiger partial charge in [-0.1, -0.05) is 0 Å². The number of anilines is 1.